The Bertz CT molecular complexity index is 966. The van der Waals surface area contributed by atoms with E-state index in [9.17, 15) is 9.59 Å². The lowest BCUT2D eigenvalue weighted by Crippen LogP contribution is -2.22. The van der Waals surface area contributed by atoms with Crippen molar-refractivity contribution in [3.8, 4) is 0 Å². The number of nitrogens with zero attached hydrogens (tertiary/aromatic N) is 3. The molecule has 0 bridgehead atoms. The monoisotopic (exact) mass is 312 g/mol. The van der Waals surface area contributed by atoms with Crippen molar-refractivity contribution in [1.29, 1.82) is 0 Å². The number of carbonyl (C=O) groups is 1. The summed E-state index contributed by atoms with van der Waals surface area (Å²) in [4.78, 5) is 27.6. The Kier molecular flexibility index (Phi) is 2.87. The smallest absolute Gasteiger partial charge is 0.262 e. The largest absolute Gasteiger partial charge is 0.345 e. The maximum Gasteiger partial charge on any atom is 0.262 e. The highest BCUT2D eigenvalue weighted by Gasteiger charge is 2.35. The molecule has 3 heterocycles. The van der Waals surface area contributed by atoms with Gasteiger partial charge in [-0.15, -0.1) is 0 Å². The first kappa shape index (κ1) is 13.7. The van der Waals surface area contributed by atoms with E-state index in [1.807, 2.05) is 6.07 Å². The Morgan fingerprint density at radius 1 is 1.48 bits per heavy atom. The van der Waals surface area contributed by atoms with E-state index in [-0.39, 0.29) is 11.0 Å². The molecule has 0 radical (unpaired) electrons. The highest BCUT2D eigenvalue weighted by atomic mass is 16.2. The van der Waals surface area contributed by atoms with Crippen LogP contribution in [0.25, 0.3) is 11.0 Å². The van der Waals surface area contributed by atoms with Crippen LogP contribution in [0.1, 0.15) is 35.3 Å². The standard InChI is InChI=1S/C15H16N6O2/c1-7-3-8(7)11-4-12(20-19-11)18-15(23)10-5-16-14-9(13(10)22)6-17-21(14)2/h4-8H,3H2,1-2H3,(H,16,22)(H2,18,19,20,23)/t7-,8-/m0/s1. The fourth-order valence-corrected chi connectivity index (χ4v) is 2.82. The van der Waals surface area contributed by atoms with Crippen molar-refractivity contribution in [3.05, 3.63) is 39.9 Å². The summed E-state index contributed by atoms with van der Waals surface area (Å²) in [5.74, 6) is 1.08. The van der Waals surface area contributed by atoms with E-state index >= 15 is 0 Å². The van der Waals surface area contributed by atoms with Crippen LogP contribution >= 0.6 is 0 Å². The quantitative estimate of drug-likeness (QED) is 0.678. The average Bonchev–Trinajstić information content (AvgIpc) is 2.93. The lowest BCUT2D eigenvalue weighted by molar-refractivity contribution is 0.102. The van der Waals surface area contributed by atoms with Crippen LogP contribution in [0.3, 0.4) is 0 Å². The molecule has 2 atom stereocenters. The third-order valence-corrected chi connectivity index (χ3v) is 4.37. The van der Waals surface area contributed by atoms with E-state index in [1.54, 1.807) is 11.7 Å². The number of hydrogen-bond acceptors (Lipinski definition) is 4. The molecule has 1 aliphatic rings. The molecule has 23 heavy (non-hydrogen) atoms. The van der Waals surface area contributed by atoms with E-state index in [1.165, 1.54) is 12.4 Å². The number of anilines is 1. The van der Waals surface area contributed by atoms with Gasteiger partial charge in [-0.1, -0.05) is 6.92 Å². The van der Waals surface area contributed by atoms with E-state index < -0.39 is 5.91 Å². The zero-order chi connectivity index (χ0) is 16.1. The SMILES string of the molecule is C[C@H]1C[C@@H]1c1cc(NC(=O)c2c[nH]c3c(cnn3C)c2=O)n[nH]1. The highest BCUT2D eigenvalue weighted by Crippen LogP contribution is 2.46. The lowest BCUT2D eigenvalue weighted by atomic mass is 10.2. The van der Waals surface area contributed by atoms with Crippen LogP contribution in [0.5, 0.6) is 0 Å². The van der Waals surface area contributed by atoms with Crippen molar-refractivity contribution in [2.24, 2.45) is 13.0 Å². The summed E-state index contributed by atoms with van der Waals surface area (Å²) in [6, 6.07) is 1.82. The highest BCUT2D eigenvalue weighted by molar-refractivity contribution is 6.05. The topological polar surface area (TPSA) is 108 Å². The normalized spacial score (nSPS) is 19.9. The zero-order valence-electron chi connectivity index (χ0n) is 12.8. The van der Waals surface area contributed by atoms with E-state index in [4.69, 9.17) is 0 Å². The molecule has 1 fully saturated rings. The number of nitrogens with one attached hydrogen (secondary N) is 3. The summed E-state index contributed by atoms with van der Waals surface area (Å²) < 4.78 is 1.55. The van der Waals surface area contributed by atoms with Crippen LogP contribution in [-0.4, -0.2) is 30.9 Å². The number of H-pyrrole nitrogens is 2. The van der Waals surface area contributed by atoms with Gasteiger partial charge in [-0.25, -0.2) is 0 Å². The first-order valence-electron chi connectivity index (χ1n) is 7.44. The van der Waals surface area contributed by atoms with Crippen molar-refractivity contribution >= 4 is 22.8 Å². The number of hydrogen-bond donors (Lipinski definition) is 3. The van der Waals surface area contributed by atoms with Gasteiger partial charge in [-0.3, -0.25) is 19.4 Å². The second kappa shape index (κ2) is 4.80. The average molecular weight is 312 g/mol. The summed E-state index contributed by atoms with van der Waals surface area (Å²) in [6.07, 6.45) is 3.98. The molecule has 0 aliphatic heterocycles. The number of rotatable bonds is 3. The first-order valence-corrected chi connectivity index (χ1v) is 7.44. The number of amides is 1. The van der Waals surface area contributed by atoms with Gasteiger partial charge < -0.3 is 10.3 Å². The van der Waals surface area contributed by atoms with Crippen LogP contribution in [0.2, 0.25) is 0 Å². The molecular weight excluding hydrogens is 296 g/mol. The van der Waals surface area contributed by atoms with Gasteiger partial charge in [0.15, 0.2) is 5.82 Å². The number of aromatic amines is 2. The van der Waals surface area contributed by atoms with Gasteiger partial charge in [-0.2, -0.15) is 10.2 Å². The van der Waals surface area contributed by atoms with Crippen molar-refractivity contribution < 1.29 is 4.79 Å². The second-order valence-corrected chi connectivity index (χ2v) is 6.04. The van der Waals surface area contributed by atoms with Gasteiger partial charge in [0.25, 0.3) is 5.91 Å². The lowest BCUT2D eigenvalue weighted by Gasteiger charge is -2.02. The predicted molar refractivity (Wildman–Crippen MR) is 84.4 cm³/mol. The Morgan fingerprint density at radius 3 is 3.00 bits per heavy atom. The number of aryl methyl sites for hydroxylation is 1. The Hall–Kier alpha value is -2.90. The van der Waals surface area contributed by atoms with Crippen LogP contribution in [0.15, 0.2) is 23.3 Å². The Morgan fingerprint density at radius 2 is 2.26 bits per heavy atom. The number of aromatic nitrogens is 5. The summed E-state index contributed by atoms with van der Waals surface area (Å²) in [6.45, 7) is 2.17. The van der Waals surface area contributed by atoms with Gasteiger partial charge in [0, 0.05) is 30.9 Å². The molecule has 8 nitrogen and oxygen atoms in total. The van der Waals surface area contributed by atoms with Crippen LogP contribution in [-0.2, 0) is 7.05 Å². The molecule has 1 amide bonds. The fraction of sp³-hybridized carbons (Fsp3) is 0.333. The summed E-state index contributed by atoms with van der Waals surface area (Å²) in [5, 5.41) is 14.1. The maximum atomic E-state index is 12.4. The maximum absolute atomic E-state index is 12.4. The van der Waals surface area contributed by atoms with Gasteiger partial charge in [0.1, 0.15) is 11.2 Å². The summed E-state index contributed by atoms with van der Waals surface area (Å²) >= 11 is 0. The van der Waals surface area contributed by atoms with Crippen molar-refractivity contribution in [3.63, 3.8) is 0 Å². The minimum absolute atomic E-state index is 0.0369. The molecule has 0 saturated heterocycles. The Labute approximate surface area is 130 Å². The van der Waals surface area contributed by atoms with Crippen LogP contribution < -0.4 is 10.7 Å². The first-order chi connectivity index (χ1) is 11.0. The molecule has 3 aromatic rings. The molecule has 0 unspecified atom stereocenters. The van der Waals surface area contributed by atoms with E-state index in [0.29, 0.717) is 28.7 Å². The number of fused-ring (bicyclic) bond motifs is 1. The van der Waals surface area contributed by atoms with Gasteiger partial charge in [0.2, 0.25) is 5.43 Å². The van der Waals surface area contributed by atoms with E-state index in [0.717, 1.165) is 12.1 Å². The molecule has 8 heteroatoms. The molecule has 4 rings (SSSR count). The molecule has 0 aromatic carbocycles. The second-order valence-electron chi connectivity index (χ2n) is 6.04. The number of carbonyl (C=O) groups excluding carboxylic acids is 1. The summed E-state index contributed by atoms with van der Waals surface area (Å²) in [5.41, 5.74) is 1.28. The molecule has 3 aromatic heterocycles. The third-order valence-electron chi connectivity index (χ3n) is 4.37. The zero-order valence-corrected chi connectivity index (χ0v) is 12.8. The van der Waals surface area contributed by atoms with Crippen molar-refractivity contribution in [1.82, 2.24) is 25.0 Å². The predicted octanol–water partition coefficient (Wildman–Crippen LogP) is 1.36. The molecule has 1 saturated carbocycles. The van der Waals surface area contributed by atoms with Gasteiger partial charge in [-0.05, 0) is 12.3 Å². The molecule has 3 N–H and O–H groups in total. The van der Waals surface area contributed by atoms with Gasteiger partial charge >= 0.3 is 0 Å². The van der Waals surface area contributed by atoms with Gasteiger partial charge in [0.05, 0.1) is 11.6 Å². The molecule has 1 aliphatic carbocycles. The molecule has 118 valence electrons. The minimum atomic E-state index is -0.487. The van der Waals surface area contributed by atoms with Crippen molar-refractivity contribution in [2.75, 3.05) is 5.32 Å². The van der Waals surface area contributed by atoms with Crippen LogP contribution in [0, 0.1) is 5.92 Å². The molecule has 0 spiro atoms. The third kappa shape index (κ3) is 2.23. The summed E-state index contributed by atoms with van der Waals surface area (Å²) in [7, 11) is 1.72. The van der Waals surface area contributed by atoms with Crippen LogP contribution in [0.4, 0.5) is 5.82 Å². The number of pyridine rings is 1. The Balaban J connectivity index is 1.60. The van der Waals surface area contributed by atoms with Crippen molar-refractivity contribution in [2.45, 2.75) is 19.3 Å². The van der Waals surface area contributed by atoms with E-state index in [2.05, 4.69) is 32.5 Å². The minimum Gasteiger partial charge on any atom is -0.345 e. The molecular formula is C15H16N6O2. The fourth-order valence-electron chi connectivity index (χ4n) is 2.82.